The van der Waals surface area contributed by atoms with Crippen molar-refractivity contribution in [2.24, 2.45) is 0 Å². The molecule has 1 aromatic rings. The summed E-state index contributed by atoms with van der Waals surface area (Å²) in [6.07, 6.45) is 0. The van der Waals surface area contributed by atoms with Gasteiger partial charge in [0, 0.05) is 24.9 Å². The number of urea groups is 1. The number of benzene rings is 1. The molecule has 0 atom stereocenters. The second-order valence-electron chi connectivity index (χ2n) is 3.80. The summed E-state index contributed by atoms with van der Waals surface area (Å²) in [4.78, 5) is 34.1. The number of hydrogen-bond acceptors (Lipinski definition) is 5. The average molecular weight is 281 g/mol. The van der Waals surface area contributed by atoms with Crippen LogP contribution < -0.4 is 10.2 Å². The lowest BCUT2D eigenvalue weighted by atomic mass is 10.2. The number of nitrogens with zero attached hydrogens (tertiary/aromatic N) is 2. The smallest absolute Gasteiger partial charge is 0.325 e. The van der Waals surface area contributed by atoms with Crippen LogP contribution in [0.4, 0.5) is 16.2 Å². The number of esters is 1. The van der Waals surface area contributed by atoms with Crippen molar-refractivity contribution in [2.45, 2.75) is 6.92 Å². The molecule has 0 saturated heterocycles. The van der Waals surface area contributed by atoms with E-state index in [4.69, 9.17) is 0 Å². The van der Waals surface area contributed by atoms with Crippen molar-refractivity contribution < 1.29 is 19.2 Å². The molecule has 0 aliphatic heterocycles. The molecule has 0 spiro atoms. The first kappa shape index (κ1) is 15.4. The molecule has 0 unspecified atom stereocenters. The third kappa shape index (κ3) is 4.23. The summed E-state index contributed by atoms with van der Waals surface area (Å²) in [6.45, 7) is 1.68. The molecule has 0 aromatic heterocycles. The Morgan fingerprint density at radius 3 is 2.45 bits per heavy atom. The largest absolute Gasteiger partial charge is 0.465 e. The normalized spacial score (nSPS) is 9.70. The summed E-state index contributed by atoms with van der Waals surface area (Å²) in [7, 11) is 1.49. The van der Waals surface area contributed by atoms with Gasteiger partial charge in [0.2, 0.25) is 0 Å². The maximum Gasteiger partial charge on any atom is 0.325 e. The molecule has 20 heavy (non-hydrogen) atoms. The zero-order valence-electron chi connectivity index (χ0n) is 11.2. The summed E-state index contributed by atoms with van der Waals surface area (Å²) in [5.41, 5.74) is 0.408. The molecule has 0 fully saturated rings. The highest BCUT2D eigenvalue weighted by Crippen LogP contribution is 2.18. The lowest BCUT2D eigenvalue weighted by molar-refractivity contribution is -0.384. The van der Waals surface area contributed by atoms with Crippen LogP contribution in [-0.2, 0) is 9.53 Å². The minimum atomic E-state index is -0.530. The third-order valence-electron chi connectivity index (χ3n) is 2.44. The quantitative estimate of drug-likeness (QED) is 0.498. The van der Waals surface area contributed by atoms with Crippen LogP contribution in [-0.4, -0.2) is 37.1 Å². The van der Waals surface area contributed by atoms with E-state index in [1.54, 1.807) is 6.92 Å². The number of nitrogens with one attached hydrogen (secondary N) is 1. The average Bonchev–Trinajstić information content (AvgIpc) is 2.44. The molecule has 0 bridgehead atoms. The van der Waals surface area contributed by atoms with Crippen molar-refractivity contribution in [3.63, 3.8) is 0 Å². The van der Waals surface area contributed by atoms with Gasteiger partial charge in [-0.2, -0.15) is 0 Å². The lowest BCUT2D eigenvalue weighted by Gasteiger charge is -2.17. The number of nitro groups is 1. The molecule has 1 N–H and O–H groups in total. The number of ether oxygens (including phenoxy) is 1. The van der Waals surface area contributed by atoms with Gasteiger partial charge in [0.05, 0.1) is 11.5 Å². The fourth-order valence-electron chi connectivity index (χ4n) is 1.39. The van der Waals surface area contributed by atoms with Gasteiger partial charge in [0.1, 0.15) is 6.54 Å². The second-order valence-corrected chi connectivity index (χ2v) is 3.80. The molecule has 8 nitrogen and oxygen atoms in total. The Labute approximate surface area is 115 Å². The van der Waals surface area contributed by atoms with Crippen LogP contribution in [0.25, 0.3) is 0 Å². The predicted octanol–water partition coefficient (Wildman–Crippen LogP) is 1.30. The molecule has 0 radical (unpaired) electrons. The first-order valence-corrected chi connectivity index (χ1v) is 5.87. The number of rotatable bonds is 5. The first-order chi connectivity index (χ1) is 9.45. The first-order valence-electron chi connectivity index (χ1n) is 5.87. The Kier molecular flexibility index (Phi) is 5.45. The van der Waals surface area contributed by atoms with E-state index >= 15 is 0 Å². The van der Waals surface area contributed by atoms with E-state index in [2.05, 4.69) is 10.1 Å². The number of anilines is 1. The van der Waals surface area contributed by atoms with E-state index in [1.165, 1.54) is 36.2 Å². The third-order valence-corrected chi connectivity index (χ3v) is 2.44. The van der Waals surface area contributed by atoms with Gasteiger partial charge >= 0.3 is 12.0 Å². The lowest BCUT2D eigenvalue weighted by Crippen LogP contribution is -2.40. The Morgan fingerprint density at radius 2 is 1.95 bits per heavy atom. The highest BCUT2D eigenvalue weighted by atomic mass is 16.6. The summed E-state index contributed by atoms with van der Waals surface area (Å²) >= 11 is 0. The van der Waals surface area contributed by atoms with Gasteiger partial charge in [-0.05, 0) is 19.1 Å². The predicted molar refractivity (Wildman–Crippen MR) is 71.5 cm³/mol. The zero-order chi connectivity index (χ0) is 15.1. The highest BCUT2D eigenvalue weighted by molar-refractivity contribution is 5.93. The van der Waals surface area contributed by atoms with Gasteiger partial charge in [-0.1, -0.05) is 0 Å². The number of non-ortho nitro benzene ring substituents is 1. The molecule has 0 aliphatic rings. The maximum atomic E-state index is 11.7. The summed E-state index contributed by atoms with van der Waals surface area (Å²) in [5, 5.41) is 12.9. The molecule has 0 aliphatic carbocycles. The monoisotopic (exact) mass is 281 g/mol. The highest BCUT2D eigenvalue weighted by Gasteiger charge is 2.13. The Morgan fingerprint density at radius 1 is 1.35 bits per heavy atom. The van der Waals surface area contributed by atoms with Crippen LogP contribution in [0.3, 0.4) is 0 Å². The van der Waals surface area contributed by atoms with Crippen molar-refractivity contribution in [3.05, 3.63) is 34.4 Å². The second kappa shape index (κ2) is 7.07. The van der Waals surface area contributed by atoms with Crippen molar-refractivity contribution >= 4 is 23.4 Å². The minimum absolute atomic E-state index is 0.0610. The van der Waals surface area contributed by atoms with Crippen LogP contribution in [0.1, 0.15) is 6.92 Å². The number of carbonyl (C=O) groups is 2. The molecule has 1 aromatic carbocycles. The van der Waals surface area contributed by atoms with Crippen molar-refractivity contribution in [1.29, 1.82) is 0 Å². The fourth-order valence-corrected chi connectivity index (χ4v) is 1.39. The molecule has 1 rings (SSSR count). The molecule has 2 amide bonds. The van der Waals surface area contributed by atoms with Crippen LogP contribution >= 0.6 is 0 Å². The maximum absolute atomic E-state index is 11.7. The Balaban J connectivity index is 2.60. The van der Waals surface area contributed by atoms with Gasteiger partial charge in [0.15, 0.2) is 0 Å². The Bertz CT molecular complexity index is 500. The Hall–Kier alpha value is -2.64. The topological polar surface area (TPSA) is 102 Å². The van der Waals surface area contributed by atoms with Gasteiger partial charge in [0.25, 0.3) is 5.69 Å². The van der Waals surface area contributed by atoms with E-state index in [-0.39, 0.29) is 18.8 Å². The van der Waals surface area contributed by atoms with Crippen LogP contribution in [0.2, 0.25) is 0 Å². The van der Waals surface area contributed by atoms with Gasteiger partial charge < -0.3 is 10.1 Å². The number of hydrogen-bond donors (Lipinski definition) is 1. The zero-order valence-corrected chi connectivity index (χ0v) is 11.2. The van der Waals surface area contributed by atoms with Gasteiger partial charge in [-0.15, -0.1) is 0 Å². The summed E-state index contributed by atoms with van der Waals surface area (Å²) in [5.74, 6) is -0.530. The van der Waals surface area contributed by atoms with Crippen molar-refractivity contribution in [3.8, 4) is 0 Å². The van der Waals surface area contributed by atoms with E-state index in [0.717, 1.165) is 0 Å². The number of carbonyl (C=O) groups excluding carboxylic acids is 2. The van der Waals surface area contributed by atoms with E-state index < -0.39 is 16.9 Å². The minimum Gasteiger partial charge on any atom is -0.465 e. The van der Waals surface area contributed by atoms with Gasteiger partial charge in [-0.25, -0.2) is 4.79 Å². The molecule has 0 saturated carbocycles. The van der Waals surface area contributed by atoms with E-state index in [0.29, 0.717) is 5.69 Å². The van der Waals surface area contributed by atoms with Crippen LogP contribution in [0, 0.1) is 10.1 Å². The number of nitro benzene ring substituents is 1. The molecular weight excluding hydrogens is 266 g/mol. The van der Waals surface area contributed by atoms with Gasteiger partial charge in [-0.3, -0.25) is 19.8 Å². The molecule has 108 valence electrons. The van der Waals surface area contributed by atoms with Crippen LogP contribution in [0.15, 0.2) is 24.3 Å². The molecule has 0 heterocycles. The van der Waals surface area contributed by atoms with Crippen molar-refractivity contribution in [2.75, 3.05) is 25.1 Å². The molecular formula is C12H15N3O5. The van der Waals surface area contributed by atoms with Crippen LogP contribution in [0.5, 0.6) is 0 Å². The van der Waals surface area contributed by atoms with E-state index in [9.17, 15) is 19.7 Å². The molecule has 8 heteroatoms. The summed E-state index contributed by atoms with van der Waals surface area (Å²) < 4.78 is 4.67. The SMILES string of the molecule is CCOC(=O)CNC(=O)N(C)c1ccc([N+](=O)[O-])cc1. The van der Waals surface area contributed by atoms with E-state index in [1.807, 2.05) is 0 Å². The van der Waals surface area contributed by atoms with Crippen molar-refractivity contribution in [1.82, 2.24) is 5.32 Å². The fraction of sp³-hybridized carbons (Fsp3) is 0.333. The standard InChI is InChI=1S/C12H15N3O5/c1-3-20-11(16)8-13-12(17)14(2)9-4-6-10(7-5-9)15(18)19/h4-7H,3,8H2,1-2H3,(H,13,17). The number of amides is 2. The summed E-state index contributed by atoms with van der Waals surface area (Å²) in [6, 6.07) is 4.98.